The smallest absolute Gasteiger partial charge is 0.393 e. The van der Waals surface area contributed by atoms with Crippen molar-refractivity contribution in [2.75, 3.05) is 19.5 Å². The monoisotopic (exact) mass is 574 g/mol. The summed E-state index contributed by atoms with van der Waals surface area (Å²) in [6, 6.07) is 16.3. The van der Waals surface area contributed by atoms with Crippen LogP contribution in [0.3, 0.4) is 0 Å². The van der Waals surface area contributed by atoms with E-state index in [1.807, 2.05) is 6.07 Å². The average molecular weight is 575 g/mol. The second-order valence-corrected chi connectivity index (χ2v) is 9.62. The lowest BCUT2D eigenvalue weighted by atomic mass is 10.1. The highest BCUT2D eigenvalue weighted by Gasteiger charge is 2.28. The molecule has 7 nitrogen and oxygen atoms in total. The Balaban J connectivity index is 1.55. The van der Waals surface area contributed by atoms with Gasteiger partial charge in [-0.25, -0.2) is 9.07 Å². The summed E-state index contributed by atoms with van der Waals surface area (Å²) in [6.45, 7) is 0.375. The van der Waals surface area contributed by atoms with Crippen LogP contribution in [0.5, 0.6) is 11.5 Å². The first-order valence-corrected chi connectivity index (χ1v) is 12.9. The fraction of sp³-hybridized carbons (Fsp3) is 0.214. The third-order valence-corrected chi connectivity index (χ3v) is 6.61. The lowest BCUT2D eigenvalue weighted by Gasteiger charge is -2.14. The average Bonchev–Trinajstić information content (AvgIpc) is 3.36. The van der Waals surface area contributed by atoms with E-state index in [0.29, 0.717) is 34.3 Å². The number of rotatable bonds is 11. The molecule has 0 radical (unpaired) electrons. The molecule has 12 heteroatoms. The highest BCUT2D eigenvalue weighted by molar-refractivity contribution is 7.97. The number of nitrogens with one attached hydrogen (secondary N) is 2. The van der Waals surface area contributed by atoms with Crippen molar-refractivity contribution in [1.82, 2.24) is 14.5 Å². The van der Waals surface area contributed by atoms with Crippen LogP contribution in [0.2, 0.25) is 0 Å². The molecule has 0 saturated carbocycles. The predicted octanol–water partition coefficient (Wildman–Crippen LogP) is 6.11. The lowest BCUT2D eigenvalue weighted by Crippen LogP contribution is -2.15. The Morgan fingerprint density at radius 3 is 2.55 bits per heavy atom. The molecule has 2 N–H and O–H groups in total. The molecule has 0 spiro atoms. The number of alkyl halides is 3. The molecule has 0 bridgehead atoms. The summed E-state index contributed by atoms with van der Waals surface area (Å²) in [5, 5.41) is 6.87. The summed E-state index contributed by atoms with van der Waals surface area (Å²) in [7, 11) is 3.11. The van der Waals surface area contributed by atoms with Crippen molar-refractivity contribution in [2.24, 2.45) is 0 Å². The van der Waals surface area contributed by atoms with Gasteiger partial charge >= 0.3 is 6.18 Å². The topological polar surface area (TPSA) is 77.4 Å². The highest BCUT2D eigenvalue weighted by Crippen LogP contribution is 2.30. The van der Waals surface area contributed by atoms with Crippen LogP contribution in [0.15, 0.2) is 78.0 Å². The Morgan fingerprint density at radius 1 is 1.02 bits per heavy atom. The molecule has 1 heterocycles. The molecule has 4 rings (SSSR count). The Bertz CT molecular complexity index is 1480. The van der Waals surface area contributed by atoms with Crippen molar-refractivity contribution in [3.8, 4) is 17.2 Å². The lowest BCUT2D eigenvalue weighted by molar-refractivity contribution is -0.127. The summed E-state index contributed by atoms with van der Waals surface area (Å²) >= 11 is 1.20. The normalized spacial score (nSPS) is 11.3. The summed E-state index contributed by atoms with van der Waals surface area (Å²) in [5.41, 5.74) is 2.05. The first kappa shape index (κ1) is 29.0. The minimum Gasteiger partial charge on any atom is -0.497 e. The van der Waals surface area contributed by atoms with Gasteiger partial charge in [0.2, 0.25) is 5.91 Å². The number of benzene rings is 3. The van der Waals surface area contributed by atoms with Crippen LogP contribution in [0.1, 0.15) is 16.7 Å². The number of aromatic nitrogens is 2. The number of methoxy groups -OCH3 is 2. The second-order valence-electron chi connectivity index (χ2n) is 8.68. The van der Waals surface area contributed by atoms with Crippen molar-refractivity contribution in [1.29, 1.82) is 0 Å². The Hall–Kier alpha value is -4.03. The molecule has 0 unspecified atom stereocenters. The number of carbonyl (C=O) groups excluding carboxylic acids is 1. The van der Waals surface area contributed by atoms with Crippen molar-refractivity contribution in [2.45, 2.75) is 30.5 Å². The fourth-order valence-corrected chi connectivity index (χ4v) is 4.72. The maximum absolute atomic E-state index is 14.0. The van der Waals surface area contributed by atoms with Crippen LogP contribution in [-0.2, 0) is 24.2 Å². The molecule has 3 aromatic carbocycles. The van der Waals surface area contributed by atoms with Gasteiger partial charge in [0.05, 0.1) is 43.8 Å². The van der Waals surface area contributed by atoms with Crippen LogP contribution in [0.4, 0.5) is 23.2 Å². The molecule has 40 heavy (non-hydrogen) atoms. The number of carbonyl (C=O) groups is 1. The first-order valence-electron chi connectivity index (χ1n) is 12.0. The van der Waals surface area contributed by atoms with Crippen LogP contribution in [0.25, 0.3) is 5.69 Å². The third-order valence-electron chi connectivity index (χ3n) is 5.78. The summed E-state index contributed by atoms with van der Waals surface area (Å²) in [6.07, 6.45) is -3.14. The predicted molar refractivity (Wildman–Crippen MR) is 144 cm³/mol. The second kappa shape index (κ2) is 12.9. The number of halogens is 4. The molecule has 0 aliphatic carbocycles. The molecule has 210 valence electrons. The molecular formula is C28H26F4N4O3S. The van der Waals surface area contributed by atoms with Crippen molar-refractivity contribution < 1.29 is 31.8 Å². The van der Waals surface area contributed by atoms with E-state index in [4.69, 9.17) is 9.47 Å². The van der Waals surface area contributed by atoms with Gasteiger partial charge in [-0.2, -0.15) is 18.3 Å². The van der Waals surface area contributed by atoms with Gasteiger partial charge in [-0.05, 0) is 53.4 Å². The van der Waals surface area contributed by atoms with Gasteiger partial charge in [0.1, 0.15) is 17.3 Å². The Labute approximate surface area is 232 Å². The van der Waals surface area contributed by atoms with Gasteiger partial charge in [0, 0.05) is 30.1 Å². The van der Waals surface area contributed by atoms with Gasteiger partial charge < -0.3 is 14.8 Å². The molecule has 0 aliphatic rings. The summed E-state index contributed by atoms with van der Waals surface area (Å²) in [4.78, 5) is 13.2. The number of amides is 1. The van der Waals surface area contributed by atoms with Gasteiger partial charge in [-0.3, -0.25) is 9.52 Å². The molecule has 0 atom stereocenters. The quantitative estimate of drug-likeness (QED) is 0.166. The van der Waals surface area contributed by atoms with Gasteiger partial charge in [0.25, 0.3) is 0 Å². The first-order chi connectivity index (χ1) is 19.1. The molecular weight excluding hydrogens is 548 g/mol. The molecule has 1 aromatic heterocycles. The number of hydrogen-bond donors (Lipinski definition) is 2. The largest absolute Gasteiger partial charge is 0.497 e. The van der Waals surface area contributed by atoms with Crippen LogP contribution in [0, 0.1) is 5.82 Å². The van der Waals surface area contributed by atoms with Gasteiger partial charge in [-0.1, -0.05) is 24.3 Å². The Kier molecular flexibility index (Phi) is 9.33. The summed E-state index contributed by atoms with van der Waals surface area (Å²) in [5.74, 6) is 0.362. The van der Waals surface area contributed by atoms with Crippen LogP contribution in [-0.4, -0.2) is 36.1 Å². The molecule has 0 aliphatic heterocycles. The highest BCUT2D eigenvalue weighted by atomic mass is 32.2. The van der Waals surface area contributed by atoms with E-state index in [9.17, 15) is 22.4 Å². The zero-order valence-electron chi connectivity index (χ0n) is 21.6. The van der Waals surface area contributed by atoms with E-state index in [-0.39, 0.29) is 17.5 Å². The van der Waals surface area contributed by atoms with Crippen LogP contribution < -0.4 is 19.5 Å². The SMILES string of the molecule is COc1ccc(CNSc2cc(NC(=O)Cc3ccccc3F)ccc2-n2cc(CC(F)(F)F)cn2)c(OC)c1. The van der Waals surface area contributed by atoms with Crippen molar-refractivity contribution in [3.63, 3.8) is 0 Å². The zero-order chi connectivity index (χ0) is 28.7. The Morgan fingerprint density at radius 2 is 1.82 bits per heavy atom. The number of anilines is 1. The maximum Gasteiger partial charge on any atom is 0.393 e. The maximum atomic E-state index is 14.0. The molecule has 0 fully saturated rings. The molecule has 0 saturated heterocycles. The van der Waals surface area contributed by atoms with E-state index in [1.54, 1.807) is 56.7 Å². The standard InChI is InChI=1S/C28H26F4N4O3S/c1-38-22-9-7-20(25(13-22)39-2)16-34-40-26-12-21(35-27(37)11-19-5-3-4-6-23(19)29)8-10-24(26)36-17-18(15-33-36)14-28(30,31)32/h3-10,12-13,15,17,34H,11,14,16H2,1-2H3,(H,35,37). The molecule has 1 amide bonds. The number of nitrogens with zero attached hydrogens (tertiary/aromatic N) is 2. The van der Waals surface area contributed by atoms with Crippen molar-refractivity contribution in [3.05, 3.63) is 95.6 Å². The fourth-order valence-electron chi connectivity index (χ4n) is 3.89. The molecule has 4 aromatic rings. The number of hydrogen-bond acceptors (Lipinski definition) is 6. The number of ether oxygens (including phenoxy) is 2. The van der Waals surface area contributed by atoms with E-state index in [1.165, 1.54) is 41.2 Å². The summed E-state index contributed by atoms with van der Waals surface area (Å²) < 4.78 is 67.9. The van der Waals surface area contributed by atoms with Crippen molar-refractivity contribution >= 4 is 23.5 Å². The third kappa shape index (κ3) is 7.76. The van der Waals surface area contributed by atoms with Gasteiger partial charge in [0.15, 0.2) is 0 Å². The van der Waals surface area contributed by atoms with Gasteiger partial charge in [-0.15, -0.1) is 0 Å². The van der Waals surface area contributed by atoms with E-state index >= 15 is 0 Å². The van der Waals surface area contributed by atoms with E-state index in [2.05, 4.69) is 15.1 Å². The zero-order valence-corrected chi connectivity index (χ0v) is 22.4. The minimum absolute atomic E-state index is 0.0154. The van der Waals surface area contributed by atoms with E-state index in [0.717, 1.165) is 5.56 Å². The van der Waals surface area contributed by atoms with Crippen LogP contribution >= 0.6 is 11.9 Å². The van der Waals surface area contributed by atoms with E-state index < -0.39 is 24.3 Å². The minimum atomic E-state index is -4.36.